The number of carbonyl (C=O) groups is 11. The molecule has 1 heterocycles. The summed E-state index contributed by atoms with van der Waals surface area (Å²) in [7, 11) is 0. The molecule has 0 saturated carbocycles. The van der Waals surface area contributed by atoms with E-state index in [2.05, 4.69) is 85.5 Å². The lowest BCUT2D eigenvalue weighted by molar-refractivity contribution is -0.139. The molecule has 12 rings (SSSR count). The van der Waals surface area contributed by atoms with Crippen LogP contribution in [-0.2, 0) is 75.1 Å². The number of carbonyl (C=O) groups excluding carboxylic acids is 11. The fraction of sp³-hybridized carbons (Fsp3) is 0.150. The predicted molar refractivity (Wildman–Crippen MR) is 561 cm³/mol. The topological polar surface area (TPSA) is 329 Å². The molecule has 0 bridgehead atoms. The van der Waals surface area contributed by atoms with Crippen LogP contribution in [0.4, 0.5) is 4.39 Å². The molecule has 25 nitrogen and oxygen atoms in total. The molecule has 146 heavy (non-hydrogen) atoms. The van der Waals surface area contributed by atoms with Crippen molar-refractivity contribution in [2.24, 2.45) is 0 Å². The third kappa shape index (κ3) is 31.6. The van der Waals surface area contributed by atoms with E-state index in [0.717, 1.165) is 73.2 Å². The van der Waals surface area contributed by atoms with Crippen LogP contribution in [0.1, 0.15) is 107 Å². The first kappa shape index (κ1) is 111. The Hall–Kier alpha value is -18.3. The zero-order valence-corrected chi connectivity index (χ0v) is 83.2. The second-order valence-electron chi connectivity index (χ2n) is 34.1. The molecule has 0 amide bonds. The number of hydrogen-bond donors (Lipinski definition) is 0. The largest absolute Gasteiger partial charge is 0.494 e. The van der Waals surface area contributed by atoms with E-state index in [9.17, 15) is 57.5 Å². The third-order valence-electron chi connectivity index (χ3n) is 20.8. The third-order valence-corrected chi connectivity index (χ3v) is 20.8. The Balaban J connectivity index is 0.000000219. The van der Waals surface area contributed by atoms with Crippen LogP contribution >= 0.6 is 0 Å². The normalized spacial score (nSPS) is 10.4. The summed E-state index contributed by atoms with van der Waals surface area (Å²) in [5, 5.41) is 4.68. The highest BCUT2D eigenvalue weighted by Gasteiger charge is 2.25. The van der Waals surface area contributed by atoms with Crippen molar-refractivity contribution in [2.75, 3.05) is 13.2 Å². The molecular formula is C120H109FO25. The van der Waals surface area contributed by atoms with Crippen molar-refractivity contribution in [2.45, 2.75) is 109 Å². The van der Waals surface area contributed by atoms with Crippen molar-refractivity contribution in [3.05, 3.63) is 398 Å². The predicted octanol–water partition coefficient (Wildman–Crippen LogP) is 25.5. The van der Waals surface area contributed by atoms with Crippen molar-refractivity contribution in [1.82, 2.24) is 0 Å². The molecule has 11 aromatic carbocycles. The van der Waals surface area contributed by atoms with Crippen LogP contribution in [-0.4, -0.2) is 78.9 Å². The van der Waals surface area contributed by atoms with Gasteiger partial charge in [0.1, 0.15) is 51.7 Å². The first-order valence-electron chi connectivity index (χ1n) is 45.2. The van der Waals surface area contributed by atoms with Crippen LogP contribution in [0.3, 0.4) is 0 Å². The van der Waals surface area contributed by atoms with E-state index in [4.69, 9.17) is 61.3 Å². The number of rotatable bonds is 36. The van der Waals surface area contributed by atoms with Gasteiger partial charge in [-0.05, 0) is 295 Å². The smallest absolute Gasteiger partial charge is 0.344 e. The van der Waals surface area contributed by atoms with Gasteiger partial charge < -0.3 is 61.3 Å². The van der Waals surface area contributed by atoms with E-state index >= 15 is 4.39 Å². The fourth-order valence-corrected chi connectivity index (χ4v) is 12.9. The van der Waals surface area contributed by atoms with Gasteiger partial charge in [0.15, 0.2) is 23.0 Å². The fourth-order valence-electron chi connectivity index (χ4n) is 12.9. The number of hydrogen-bond acceptors (Lipinski definition) is 25. The number of fused-ring (bicyclic) bond motifs is 4. The van der Waals surface area contributed by atoms with Gasteiger partial charge in [-0.2, -0.15) is 0 Å². The summed E-state index contributed by atoms with van der Waals surface area (Å²) in [5.74, 6) is -4.34. The Labute approximate surface area is 844 Å². The van der Waals surface area contributed by atoms with Crippen LogP contribution < -0.4 is 53.0 Å². The molecule has 0 radical (unpaired) electrons. The summed E-state index contributed by atoms with van der Waals surface area (Å²) in [5.41, 5.74) is 10.7. The summed E-state index contributed by atoms with van der Waals surface area (Å²) in [4.78, 5) is 144. The SMILES string of the molecule is C=C(C)C(=C)OCCCc1cc(CCCOC(=O)C(=C)C)c2oc(=O)c(-c3ccc(OC(=O)C(=C)C)cc3)cc2c1.C=C(C)C(=O)Oc1ccc(-c2ccc(-c3ccc(OC(=O)C(=C)C)c(OC(=O)C(=C)C)c3)c(F)c2)cc1OC(=O)C(=C)C.C=C(C)C(=O)Oc1ccc(-c2ccc(-c3ccc(OC(=O)C(=C)C)cc3)c(OC(=O)C(=C)C)c2)cc1.C=C(C)C(=O)Oc1ccc2c(ccc3cc(OC(=O)C(=C)C)ccc32)c1. The molecule has 0 fully saturated rings. The molecule has 0 aliphatic heterocycles. The molecule has 0 spiro atoms. The van der Waals surface area contributed by atoms with Gasteiger partial charge in [-0.25, -0.2) is 61.9 Å². The van der Waals surface area contributed by atoms with Gasteiger partial charge in [-0.3, -0.25) is 0 Å². The molecule has 0 N–H and O–H groups in total. The van der Waals surface area contributed by atoms with Crippen molar-refractivity contribution in [3.8, 4) is 113 Å². The minimum Gasteiger partial charge on any atom is -0.494 e. The average Bonchev–Trinajstić information content (AvgIpc) is 0.772. The quantitative estimate of drug-likeness (QED) is 0.00514. The van der Waals surface area contributed by atoms with Crippen molar-refractivity contribution in [1.29, 1.82) is 0 Å². The zero-order chi connectivity index (χ0) is 107. The van der Waals surface area contributed by atoms with E-state index in [1.807, 2.05) is 73.7 Å². The lowest BCUT2D eigenvalue weighted by atomic mass is 9.98. The van der Waals surface area contributed by atoms with Crippen molar-refractivity contribution >= 4 is 98.2 Å². The first-order valence-corrected chi connectivity index (χ1v) is 45.2. The maximum Gasteiger partial charge on any atom is 0.344 e. The standard InChI is InChI=1S/C34H29FO8.C34H36O7.C30H26O6.C22H18O4/c1-18(2)31(36)40-27-13-10-23(16-29(27)42-33(38)20(5)6)22-9-12-25(26(35)15-22)24-11-14-28(41-32(37)19(3)4)30(17-24)43-34(39)21(7)8;1-21(2)24(7)38-16-8-10-25-18-27(11-9-17-39-32(35)22(3)4)31-28(19-25)20-30(34(37)41-31)26-12-14-29(15-13-26)40-33(36)23(5)6;1-18(2)28(31)34-24-12-7-21(8-13-24)23-11-16-26(27(17-23)36-30(33)20(5)6)22-9-14-25(15-10-22)35-29(32)19(3)4;1-13(2)21(23)25-17-7-9-19-15(11-17)5-6-16-12-18(8-10-20(16)19)26-22(24)14(3)4/h9-17H,1,3,5,7H2,2,4,6,8H3;12-15,18-20H,1,3,5,7-11,16-17H2,2,4,6H3;7-17H,1,3,5H2,2,4,6H3;5-12H,1,3H2,2,4H3. The minimum atomic E-state index is -0.763. The lowest BCUT2D eigenvalue weighted by Gasteiger charge is -2.14. The van der Waals surface area contributed by atoms with Crippen LogP contribution in [0.2, 0.25) is 0 Å². The number of allylic oxidation sites excluding steroid dienone is 1. The van der Waals surface area contributed by atoms with Crippen LogP contribution in [0.5, 0.6) is 57.5 Å². The Morgan fingerprint density at radius 3 is 0.979 bits per heavy atom. The Morgan fingerprint density at radius 1 is 0.253 bits per heavy atom. The van der Waals surface area contributed by atoms with Gasteiger partial charge in [0.05, 0.1) is 18.8 Å². The second-order valence-corrected chi connectivity index (χ2v) is 34.1. The summed E-state index contributed by atoms with van der Waals surface area (Å²) in [6.07, 6.45) is 2.58. The molecule has 0 aliphatic rings. The van der Waals surface area contributed by atoms with Crippen LogP contribution in [0.15, 0.2) is 380 Å². The van der Waals surface area contributed by atoms with Crippen LogP contribution in [0, 0.1) is 5.82 Å². The van der Waals surface area contributed by atoms with Gasteiger partial charge in [-0.1, -0.05) is 189 Å². The average molecular weight is 1970 g/mol. The van der Waals surface area contributed by atoms with E-state index in [1.165, 1.54) is 70.2 Å². The first-order chi connectivity index (χ1) is 69.0. The molecule has 0 unspecified atom stereocenters. The number of ether oxygens (including phenoxy) is 12. The van der Waals surface area contributed by atoms with E-state index in [1.54, 1.807) is 152 Å². The summed E-state index contributed by atoms with van der Waals surface area (Å²) in [6.45, 7) is 66.5. The lowest BCUT2D eigenvalue weighted by Crippen LogP contribution is -2.13. The summed E-state index contributed by atoms with van der Waals surface area (Å²) < 4.78 is 85.4. The maximum atomic E-state index is 15.5. The van der Waals surface area contributed by atoms with Crippen LogP contribution in [0.25, 0.3) is 88.1 Å². The monoisotopic (exact) mass is 1970 g/mol. The summed E-state index contributed by atoms with van der Waals surface area (Å²) in [6, 6.07) is 59.5. The van der Waals surface area contributed by atoms with Gasteiger partial charge in [-0.15, -0.1) is 0 Å². The molecular weight excluding hydrogens is 1860 g/mol. The number of esters is 11. The molecule has 0 aliphatic carbocycles. The Morgan fingerprint density at radius 2 is 0.568 bits per heavy atom. The Kier molecular flexibility index (Phi) is 39.0. The van der Waals surface area contributed by atoms with Crippen molar-refractivity contribution < 1.29 is 118 Å². The van der Waals surface area contributed by atoms with E-state index in [0.29, 0.717) is 127 Å². The number of aryl methyl sites for hydroxylation is 2. The van der Waals surface area contributed by atoms with Gasteiger partial charge in [0.2, 0.25) is 0 Å². The van der Waals surface area contributed by atoms with Gasteiger partial charge in [0.25, 0.3) is 0 Å². The Bertz CT molecular complexity index is 7370. The minimum absolute atomic E-state index is 0.0345. The molecule has 1 aromatic heterocycles. The van der Waals surface area contributed by atoms with Gasteiger partial charge >= 0.3 is 71.3 Å². The molecule has 0 saturated heterocycles. The maximum absolute atomic E-state index is 15.5. The highest BCUT2D eigenvalue weighted by Crippen LogP contribution is 2.42. The van der Waals surface area contributed by atoms with Crippen molar-refractivity contribution in [3.63, 3.8) is 0 Å². The number of benzene rings is 11. The van der Waals surface area contributed by atoms with Gasteiger partial charge in [0, 0.05) is 77.8 Å². The second kappa shape index (κ2) is 51.2. The number of halogens is 1. The van der Waals surface area contributed by atoms with E-state index < -0.39 is 77.1 Å². The molecule has 26 heteroatoms. The zero-order valence-electron chi connectivity index (χ0n) is 83.2. The van der Waals surface area contributed by atoms with E-state index in [-0.39, 0.29) is 68.6 Å². The molecule has 0 atom stereocenters. The molecule has 746 valence electrons. The summed E-state index contributed by atoms with van der Waals surface area (Å²) >= 11 is 0. The molecule has 12 aromatic rings. The highest BCUT2D eigenvalue weighted by atomic mass is 19.1. The highest BCUT2D eigenvalue weighted by molar-refractivity contribution is 6.09.